The number of carbonyl (C=O) groups excluding carboxylic acids is 1. The van der Waals surface area contributed by atoms with Crippen molar-refractivity contribution in [3.8, 4) is 11.5 Å². The number of carbonyl (C=O) groups is 1. The third kappa shape index (κ3) is 5.93. The molecule has 29 heavy (non-hydrogen) atoms. The monoisotopic (exact) mass is 392 g/mol. The molecule has 2 aromatic carbocycles. The maximum Gasteiger partial charge on any atom is 0.272 e. The highest BCUT2D eigenvalue weighted by Gasteiger charge is 2.08. The minimum Gasteiger partial charge on any atom is -0.497 e. The highest BCUT2D eigenvalue weighted by molar-refractivity contribution is 5.92. The lowest BCUT2D eigenvalue weighted by atomic mass is 10.2. The predicted octanol–water partition coefficient (Wildman–Crippen LogP) is 3.95. The number of ether oxygens (including phenoxy) is 2. The second-order valence-electron chi connectivity index (χ2n) is 6.65. The maximum atomic E-state index is 12.3. The lowest BCUT2D eigenvalue weighted by Crippen LogP contribution is -2.24. The summed E-state index contributed by atoms with van der Waals surface area (Å²) in [6.07, 6.45) is 0.128. The molecule has 0 atom stereocenters. The van der Waals surface area contributed by atoms with Gasteiger partial charge in [0.15, 0.2) is 11.5 Å². The average molecular weight is 392 g/mol. The molecule has 0 saturated heterocycles. The Balaban J connectivity index is 1.54. The average Bonchev–Trinajstić information content (AvgIpc) is 2.74. The number of hydrogen-bond acceptors (Lipinski definition) is 6. The Labute approximate surface area is 170 Å². The van der Waals surface area contributed by atoms with Crippen molar-refractivity contribution in [2.24, 2.45) is 0 Å². The highest BCUT2D eigenvalue weighted by atomic mass is 16.5. The summed E-state index contributed by atoms with van der Waals surface area (Å²) in [6.45, 7) is 4.36. The lowest BCUT2D eigenvalue weighted by molar-refractivity contribution is 0.0945. The Morgan fingerprint density at radius 2 is 1.62 bits per heavy atom. The fraction of sp³-hybridized carbons (Fsp3) is 0.227. The summed E-state index contributed by atoms with van der Waals surface area (Å²) >= 11 is 0. The molecule has 0 fully saturated rings. The quantitative estimate of drug-likeness (QED) is 0.604. The van der Waals surface area contributed by atoms with E-state index in [1.807, 2.05) is 62.4 Å². The van der Waals surface area contributed by atoms with E-state index in [2.05, 4.69) is 20.8 Å². The zero-order valence-corrected chi connectivity index (χ0v) is 16.7. The molecule has 2 N–H and O–H groups in total. The van der Waals surface area contributed by atoms with Crippen molar-refractivity contribution in [2.45, 2.75) is 26.5 Å². The largest absolute Gasteiger partial charge is 0.497 e. The Hall–Kier alpha value is -3.61. The molecule has 0 bridgehead atoms. The van der Waals surface area contributed by atoms with Crippen LogP contribution in [-0.4, -0.2) is 29.3 Å². The van der Waals surface area contributed by atoms with E-state index in [1.165, 1.54) is 0 Å². The Kier molecular flexibility index (Phi) is 6.63. The van der Waals surface area contributed by atoms with Crippen molar-refractivity contribution in [2.75, 3.05) is 12.4 Å². The molecule has 150 valence electrons. The maximum absolute atomic E-state index is 12.3. The molecular weight excluding hydrogens is 368 g/mol. The van der Waals surface area contributed by atoms with Gasteiger partial charge in [0, 0.05) is 12.2 Å². The number of benzene rings is 2. The fourth-order valence-corrected chi connectivity index (χ4v) is 2.57. The molecule has 3 rings (SSSR count). The van der Waals surface area contributed by atoms with Gasteiger partial charge in [-0.3, -0.25) is 4.79 Å². The van der Waals surface area contributed by atoms with Gasteiger partial charge in [0.25, 0.3) is 5.91 Å². The van der Waals surface area contributed by atoms with Crippen molar-refractivity contribution < 1.29 is 14.3 Å². The van der Waals surface area contributed by atoms with Crippen LogP contribution < -0.4 is 20.1 Å². The van der Waals surface area contributed by atoms with Gasteiger partial charge in [-0.1, -0.05) is 12.1 Å². The molecule has 3 aromatic rings. The first-order valence-corrected chi connectivity index (χ1v) is 9.32. The normalized spacial score (nSPS) is 10.5. The lowest BCUT2D eigenvalue weighted by Gasteiger charge is -2.11. The summed E-state index contributed by atoms with van der Waals surface area (Å²) in [7, 11) is 1.62. The van der Waals surface area contributed by atoms with E-state index in [4.69, 9.17) is 9.47 Å². The molecule has 7 heteroatoms. The zero-order chi connectivity index (χ0) is 20.6. The van der Waals surface area contributed by atoms with Crippen molar-refractivity contribution >= 4 is 17.4 Å². The molecule has 7 nitrogen and oxygen atoms in total. The molecule has 0 aliphatic heterocycles. The van der Waals surface area contributed by atoms with E-state index in [0.717, 1.165) is 22.7 Å². The van der Waals surface area contributed by atoms with E-state index in [0.29, 0.717) is 12.4 Å². The van der Waals surface area contributed by atoms with Gasteiger partial charge >= 0.3 is 0 Å². The van der Waals surface area contributed by atoms with E-state index in [1.54, 1.807) is 19.2 Å². The molecule has 1 aromatic heterocycles. The summed E-state index contributed by atoms with van der Waals surface area (Å²) in [6, 6.07) is 18.4. The molecular formula is C22H24N4O3. The number of aromatic nitrogens is 2. The molecule has 0 unspecified atom stereocenters. The van der Waals surface area contributed by atoms with Crippen LogP contribution in [0.3, 0.4) is 0 Å². The molecule has 0 radical (unpaired) electrons. The van der Waals surface area contributed by atoms with Crippen LogP contribution in [0.1, 0.15) is 29.9 Å². The first-order chi connectivity index (χ1) is 14.0. The molecule has 0 aliphatic carbocycles. The van der Waals surface area contributed by atoms with Crippen molar-refractivity contribution in [3.63, 3.8) is 0 Å². The number of hydrogen-bond donors (Lipinski definition) is 2. The first-order valence-electron chi connectivity index (χ1n) is 9.32. The van der Waals surface area contributed by atoms with Crippen LogP contribution in [0.15, 0.2) is 60.7 Å². The van der Waals surface area contributed by atoms with E-state index >= 15 is 0 Å². The fourth-order valence-electron chi connectivity index (χ4n) is 2.57. The number of rotatable bonds is 8. The van der Waals surface area contributed by atoms with E-state index in [9.17, 15) is 4.79 Å². The molecule has 1 amide bonds. The minimum atomic E-state index is -0.282. The highest BCUT2D eigenvalue weighted by Crippen LogP contribution is 2.19. The summed E-state index contributed by atoms with van der Waals surface area (Å²) in [4.78, 5) is 12.3. The van der Waals surface area contributed by atoms with E-state index in [-0.39, 0.29) is 17.7 Å². The van der Waals surface area contributed by atoms with Gasteiger partial charge in [-0.25, -0.2) is 0 Å². The SMILES string of the molecule is COc1ccc(CNC(=O)c2ccc(Nc3ccc(OC(C)C)cc3)nn2)cc1. The molecule has 0 spiro atoms. The summed E-state index contributed by atoms with van der Waals surface area (Å²) in [5, 5.41) is 14.0. The second-order valence-corrected chi connectivity index (χ2v) is 6.65. The standard InChI is InChI=1S/C22H24N4O3/c1-15(2)29-19-10-6-17(7-11-19)24-21-13-12-20(25-26-21)22(27)23-14-16-4-8-18(28-3)9-5-16/h4-13,15H,14H2,1-3H3,(H,23,27)(H,24,26). The Bertz CT molecular complexity index is 924. The molecule has 0 saturated carbocycles. The van der Waals surface area contributed by atoms with Crippen molar-refractivity contribution in [3.05, 3.63) is 71.9 Å². The number of methoxy groups -OCH3 is 1. The van der Waals surface area contributed by atoms with Gasteiger partial charge in [0.05, 0.1) is 13.2 Å². The Morgan fingerprint density at radius 3 is 2.21 bits per heavy atom. The number of amides is 1. The summed E-state index contributed by atoms with van der Waals surface area (Å²) < 4.78 is 10.7. The van der Waals surface area contributed by atoms with Gasteiger partial charge in [0.2, 0.25) is 0 Å². The van der Waals surface area contributed by atoms with Crippen LogP contribution in [-0.2, 0) is 6.54 Å². The van der Waals surface area contributed by atoms with Crippen LogP contribution in [0.4, 0.5) is 11.5 Å². The van der Waals surface area contributed by atoms with Crippen LogP contribution in [0.2, 0.25) is 0 Å². The van der Waals surface area contributed by atoms with Gasteiger partial charge in [-0.05, 0) is 67.9 Å². The van der Waals surface area contributed by atoms with E-state index < -0.39 is 0 Å². The summed E-state index contributed by atoms with van der Waals surface area (Å²) in [5.41, 5.74) is 2.08. The van der Waals surface area contributed by atoms with Gasteiger partial charge in [-0.2, -0.15) is 0 Å². The summed E-state index contributed by atoms with van der Waals surface area (Å²) in [5.74, 6) is 1.85. The predicted molar refractivity (Wildman–Crippen MR) is 112 cm³/mol. The van der Waals surface area contributed by atoms with Crippen LogP contribution in [0.25, 0.3) is 0 Å². The number of nitrogens with zero attached hydrogens (tertiary/aromatic N) is 2. The molecule has 1 heterocycles. The van der Waals surface area contributed by atoms with Crippen molar-refractivity contribution in [1.82, 2.24) is 15.5 Å². The van der Waals surface area contributed by atoms with Gasteiger partial charge in [0.1, 0.15) is 11.5 Å². The first kappa shape index (κ1) is 20.1. The Morgan fingerprint density at radius 1 is 0.931 bits per heavy atom. The minimum absolute atomic E-state index is 0.128. The smallest absolute Gasteiger partial charge is 0.272 e. The van der Waals surface area contributed by atoms with Gasteiger partial charge in [-0.15, -0.1) is 10.2 Å². The van der Waals surface area contributed by atoms with Crippen molar-refractivity contribution in [1.29, 1.82) is 0 Å². The third-order valence-electron chi connectivity index (χ3n) is 4.01. The third-order valence-corrected chi connectivity index (χ3v) is 4.01. The van der Waals surface area contributed by atoms with Crippen LogP contribution in [0.5, 0.6) is 11.5 Å². The number of anilines is 2. The van der Waals surface area contributed by atoms with Gasteiger partial charge < -0.3 is 20.1 Å². The van der Waals surface area contributed by atoms with Crippen LogP contribution in [0, 0.1) is 0 Å². The molecule has 0 aliphatic rings. The number of nitrogens with one attached hydrogen (secondary N) is 2. The topological polar surface area (TPSA) is 85.4 Å². The van der Waals surface area contributed by atoms with Crippen LogP contribution >= 0.6 is 0 Å². The zero-order valence-electron chi connectivity index (χ0n) is 16.7. The second kappa shape index (κ2) is 9.54.